The molecule has 0 unspecified atom stereocenters. The second kappa shape index (κ2) is 12.2. The Labute approximate surface area is 238 Å². The number of aliphatic hydroxyl groups is 2. The lowest BCUT2D eigenvalue weighted by Gasteiger charge is -2.41. The van der Waals surface area contributed by atoms with Gasteiger partial charge in [-0.25, -0.2) is 0 Å². The highest BCUT2D eigenvalue weighted by atomic mass is 16.7. The highest BCUT2D eigenvalue weighted by Gasteiger charge is 2.47. The van der Waals surface area contributed by atoms with Crippen molar-refractivity contribution in [2.75, 3.05) is 41.3 Å². The molecule has 4 atom stereocenters. The number of nitrogens with one attached hydrogen (secondary N) is 1. The van der Waals surface area contributed by atoms with Crippen molar-refractivity contribution in [3.05, 3.63) is 70.8 Å². The molecule has 0 aromatic heterocycles. The van der Waals surface area contributed by atoms with Gasteiger partial charge in [0.05, 0.1) is 40.0 Å². The van der Waals surface area contributed by atoms with Gasteiger partial charge >= 0.3 is 0 Å². The second-order valence-corrected chi connectivity index (χ2v) is 9.85. The van der Waals surface area contributed by atoms with E-state index >= 15 is 0 Å². The van der Waals surface area contributed by atoms with Crippen LogP contribution < -0.4 is 33.7 Å². The van der Waals surface area contributed by atoms with E-state index in [4.69, 9.17) is 28.4 Å². The monoisotopic (exact) mass is 565 g/mol. The van der Waals surface area contributed by atoms with Crippen LogP contribution in [-0.2, 0) is 11.3 Å². The van der Waals surface area contributed by atoms with Crippen molar-refractivity contribution in [2.45, 2.75) is 25.5 Å². The van der Waals surface area contributed by atoms with Crippen molar-refractivity contribution in [2.24, 2.45) is 11.8 Å². The van der Waals surface area contributed by atoms with Crippen LogP contribution in [-0.4, -0.2) is 57.5 Å². The van der Waals surface area contributed by atoms with Crippen LogP contribution in [0, 0.1) is 11.8 Å². The molecule has 3 aromatic carbocycles. The summed E-state index contributed by atoms with van der Waals surface area (Å²) < 4.78 is 33.7. The van der Waals surface area contributed by atoms with E-state index in [0.29, 0.717) is 57.8 Å². The van der Waals surface area contributed by atoms with E-state index in [2.05, 4.69) is 5.32 Å². The lowest BCUT2D eigenvalue weighted by Crippen LogP contribution is -2.45. The van der Waals surface area contributed by atoms with Crippen molar-refractivity contribution in [1.82, 2.24) is 5.32 Å². The molecule has 0 fully saturated rings. The Hall–Kier alpha value is -4.15. The molecule has 0 radical (unpaired) electrons. The molecule has 3 aromatic rings. The minimum Gasteiger partial charge on any atom is -0.494 e. The maximum atomic E-state index is 14.1. The second-order valence-electron chi connectivity index (χ2n) is 9.85. The lowest BCUT2D eigenvalue weighted by molar-refractivity contribution is -0.131. The van der Waals surface area contributed by atoms with Crippen LogP contribution in [0.25, 0.3) is 0 Å². The molecule has 10 heteroatoms. The third kappa shape index (κ3) is 5.20. The first-order chi connectivity index (χ1) is 19.9. The van der Waals surface area contributed by atoms with Crippen LogP contribution in [0.3, 0.4) is 0 Å². The fourth-order valence-corrected chi connectivity index (χ4v) is 5.84. The first-order valence-electron chi connectivity index (χ1n) is 13.5. The highest BCUT2D eigenvalue weighted by molar-refractivity contribution is 5.82. The summed E-state index contributed by atoms with van der Waals surface area (Å²) in [6.45, 7) is 2.22. The number of carbonyl (C=O) groups excluding carboxylic acids is 1. The maximum absolute atomic E-state index is 14.1. The van der Waals surface area contributed by atoms with E-state index in [0.717, 1.165) is 5.56 Å². The van der Waals surface area contributed by atoms with Gasteiger partial charge in [0.15, 0.2) is 23.0 Å². The summed E-state index contributed by atoms with van der Waals surface area (Å²) in [5.41, 5.74) is 2.72. The van der Waals surface area contributed by atoms with Gasteiger partial charge in [0, 0.05) is 30.6 Å². The Balaban J connectivity index is 1.63. The number of para-hydroxylation sites is 1. The number of carbonyl (C=O) groups is 1. The van der Waals surface area contributed by atoms with Crippen molar-refractivity contribution in [1.29, 1.82) is 0 Å². The number of rotatable bonds is 10. The standard InChI is InChI=1S/C31H35NO9/c1-5-39-22-9-7-6-8-17(22)14-32-31(35)28-21(15-33)29(34)20-13-24-23(40-16-41-24)12-19(20)27(28)18-10-25(36-2)30(38-4)26(11-18)37-3/h6-13,21,27-29,33-34H,5,14-16H2,1-4H3,(H,32,35)/t21-,27+,28-,29-/m0/s1. The van der Waals surface area contributed by atoms with Crippen molar-refractivity contribution < 1.29 is 43.4 Å². The first kappa shape index (κ1) is 28.4. The van der Waals surface area contributed by atoms with Gasteiger partial charge in [-0.05, 0) is 53.9 Å². The summed E-state index contributed by atoms with van der Waals surface area (Å²) >= 11 is 0. The Kier molecular flexibility index (Phi) is 8.41. The number of hydrogen-bond acceptors (Lipinski definition) is 9. The van der Waals surface area contributed by atoms with E-state index in [1.165, 1.54) is 21.3 Å². The predicted molar refractivity (Wildman–Crippen MR) is 149 cm³/mol. The van der Waals surface area contributed by atoms with Gasteiger partial charge in [-0.1, -0.05) is 18.2 Å². The third-order valence-electron chi connectivity index (χ3n) is 7.74. The minimum absolute atomic E-state index is 0.0513. The van der Waals surface area contributed by atoms with Gasteiger partial charge in [0.2, 0.25) is 18.4 Å². The van der Waals surface area contributed by atoms with E-state index in [-0.39, 0.29) is 19.2 Å². The lowest BCUT2D eigenvalue weighted by atomic mass is 9.64. The van der Waals surface area contributed by atoms with E-state index < -0.39 is 30.5 Å². The molecule has 0 saturated heterocycles. The Morgan fingerprint density at radius 2 is 1.61 bits per heavy atom. The number of fused-ring (bicyclic) bond motifs is 2. The molecule has 0 bridgehead atoms. The van der Waals surface area contributed by atoms with Gasteiger partial charge in [-0.2, -0.15) is 0 Å². The quantitative estimate of drug-likeness (QED) is 0.338. The van der Waals surface area contributed by atoms with Gasteiger partial charge in [-0.3, -0.25) is 4.79 Å². The van der Waals surface area contributed by atoms with Crippen LogP contribution in [0.4, 0.5) is 0 Å². The molecule has 10 nitrogen and oxygen atoms in total. The normalized spacial score (nSPS) is 20.6. The van der Waals surface area contributed by atoms with Crippen molar-refractivity contribution >= 4 is 5.91 Å². The molecular weight excluding hydrogens is 530 g/mol. The SMILES string of the molecule is CCOc1ccccc1CNC(=O)[C@@H]1[C@H](c2cc(OC)c(OC)c(OC)c2)c2cc3c(cc2[C@H](O)[C@H]1CO)OCO3. The van der Waals surface area contributed by atoms with E-state index in [9.17, 15) is 15.0 Å². The zero-order valence-corrected chi connectivity index (χ0v) is 23.5. The number of benzene rings is 3. The van der Waals surface area contributed by atoms with Gasteiger partial charge < -0.3 is 44.0 Å². The van der Waals surface area contributed by atoms with Crippen LogP contribution in [0.15, 0.2) is 48.5 Å². The Morgan fingerprint density at radius 3 is 2.22 bits per heavy atom. The molecule has 0 saturated carbocycles. The molecule has 1 aliphatic heterocycles. The summed E-state index contributed by atoms with van der Waals surface area (Å²) in [6, 6.07) is 14.6. The van der Waals surface area contributed by atoms with Crippen LogP contribution in [0.5, 0.6) is 34.5 Å². The third-order valence-corrected chi connectivity index (χ3v) is 7.74. The average molecular weight is 566 g/mol. The zero-order chi connectivity index (χ0) is 29.1. The number of methoxy groups -OCH3 is 3. The molecule has 2 aliphatic rings. The number of ether oxygens (including phenoxy) is 6. The molecule has 1 heterocycles. The van der Waals surface area contributed by atoms with Gasteiger partial charge in [-0.15, -0.1) is 0 Å². The molecule has 1 aliphatic carbocycles. The number of hydrogen-bond donors (Lipinski definition) is 3. The smallest absolute Gasteiger partial charge is 0.231 e. The fraction of sp³-hybridized carbons (Fsp3) is 0.387. The molecule has 41 heavy (non-hydrogen) atoms. The van der Waals surface area contributed by atoms with Gasteiger partial charge in [0.1, 0.15) is 5.75 Å². The zero-order valence-electron chi connectivity index (χ0n) is 23.5. The topological polar surface area (TPSA) is 125 Å². The summed E-state index contributed by atoms with van der Waals surface area (Å²) in [6.07, 6.45) is -1.13. The first-order valence-corrected chi connectivity index (χ1v) is 13.5. The van der Waals surface area contributed by atoms with Crippen LogP contribution >= 0.6 is 0 Å². The summed E-state index contributed by atoms with van der Waals surface area (Å²) in [5.74, 6) is 0.288. The van der Waals surface area contributed by atoms with E-state index in [1.54, 1.807) is 24.3 Å². The van der Waals surface area contributed by atoms with Gasteiger partial charge in [0.25, 0.3) is 0 Å². The highest BCUT2D eigenvalue weighted by Crippen LogP contribution is 2.53. The summed E-state index contributed by atoms with van der Waals surface area (Å²) in [7, 11) is 4.56. The maximum Gasteiger partial charge on any atom is 0.231 e. The largest absolute Gasteiger partial charge is 0.494 e. The van der Waals surface area contributed by atoms with Crippen LogP contribution in [0.1, 0.15) is 41.2 Å². The molecule has 0 spiro atoms. The fourth-order valence-electron chi connectivity index (χ4n) is 5.84. The molecule has 3 N–H and O–H groups in total. The van der Waals surface area contributed by atoms with E-state index in [1.807, 2.05) is 31.2 Å². The molecular formula is C31H35NO9. The number of amides is 1. The average Bonchev–Trinajstić information content (AvgIpc) is 3.46. The van der Waals surface area contributed by atoms with Crippen molar-refractivity contribution in [3.63, 3.8) is 0 Å². The molecule has 1 amide bonds. The summed E-state index contributed by atoms with van der Waals surface area (Å²) in [4.78, 5) is 14.1. The molecule has 5 rings (SSSR count). The predicted octanol–water partition coefficient (Wildman–Crippen LogP) is 3.56. The van der Waals surface area contributed by atoms with Crippen molar-refractivity contribution in [3.8, 4) is 34.5 Å². The van der Waals surface area contributed by atoms with Crippen LogP contribution in [0.2, 0.25) is 0 Å². The Morgan fingerprint density at radius 1 is 0.951 bits per heavy atom. The Bertz CT molecular complexity index is 1380. The summed E-state index contributed by atoms with van der Waals surface area (Å²) in [5, 5.41) is 25.1. The molecule has 218 valence electrons. The number of aliphatic hydroxyl groups excluding tert-OH is 2. The minimum atomic E-state index is -1.13.